The van der Waals surface area contributed by atoms with Gasteiger partial charge in [-0.25, -0.2) is 0 Å². The van der Waals surface area contributed by atoms with E-state index in [9.17, 15) is 9.59 Å². The Balaban J connectivity index is -0.000000107. The van der Waals surface area contributed by atoms with Gasteiger partial charge in [0.15, 0.2) is 0 Å². The number of ether oxygens (including phenoxy) is 1. The van der Waals surface area contributed by atoms with Crippen molar-refractivity contribution in [2.24, 2.45) is 0 Å². The summed E-state index contributed by atoms with van der Waals surface area (Å²) in [6.45, 7) is 3.40. The van der Waals surface area contributed by atoms with Crippen LogP contribution >= 0.6 is 0 Å². The third kappa shape index (κ3) is 16.3. The summed E-state index contributed by atoms with van der Waals surface area (Å²) in [7, 11) is 0. The van der Waals surface area contributed by atoms with Crippen molar-refractivity contribution in [3.63, 3.8) is 0 Å². The minimum Gasteiger partial charge on any atom is -0.466 e. The van der Waals surface area contributed by atoms with Crippen LogP contribution in [0.1, 0.15) is 20.3 Å². The van der Waals surface area contributed by atoms with Crippen LogP contribution < -0.4 is 0 Å². The molecule has 5 nitrogen and oxygen atoms in total. The molecule has 0 saturated heterocycles. The lowest BCUT2D eigenvalue weighted by atomic mass is 10.3. The third-order valence-corrected chi connectivity index (χ3v) is 0.699. The predicted molar refractivity (Wildman–Crippen MR) is 44.9 cm³/mol. The van der Waals surface area contributed by atoms with Gasteiger partial charge in [0.2, 0.25) is 0 Å². The summed E-state index contributed by atoms with van der Waals surface area (Å²) in [6.07, 6.45) is -0.103. The summed E-state index contributed by atoms with van der Waals surface area (Å²) in [5, 5.41) is 0. The lowest BCUT2D eigenvalue weighted by molar-refractivity contribution is -0.145. The van der Waals surface area contributed by atoms with Crippen LogP contribution in [0.4, 0.5) is 0 Å². The highest BCUT2D eigenvalue weighted by Gasteiger charge is 2.03. The number of esters is 1. The van der Waals surface area contributed by atoms with E-state index in [4.69, 9.17) is 0 Å². The highest BCUT2D eigenvalue weighted by molar-refractivity contribution is 5.94. The van der Waals surface area contributed by atoms with Gasteiger partial charge in [0.05, 0.1) is 6.61 Å². The molecule has 0 aliphatic carbocycles. The van der Waals surface area contributed by atoms with E-state index in [1.807, 2.05) is 0 Å². The zero-order valence-corrected chi connectivity index (χ0v) is 8.37. The van der Waals surface area contributed by atoms with Gasteiger partial charge in [0, 0.05) is 17.4 Å². The molecule has 0 bridgehead atoms. The Morgan fingerprint density at radius 1 is 1.25 bits per heavy atom. The van der Waals surface area contributed by atoms with E-state index in [-0.39, 0.29) is 40.5 Å². The van der Waals surface area contributed by atoms with Gasteiger partial charge >= 0.3 is 5.97 Å². The molecule has 0 heterocycles. The van der Waals surface area contributed by atoms with Crippen LogP contribution in [0.5, 0.6) is 0 Å². The fourth-order valence-electron chi connectivity index (χ4n) is 0.415. The van der Waals surface area contributed by atoms with E-state index >= 15 is 0 Å². The Labute approximate surface area is 81.8 Å². The highest BCUT2D eigenvalue weighted by Crippen LogP contribution is 1.86. The number of carbonyl (C=O) groups excluding carboxylic acids is 2. The van der Waals surface area contributed by atoms with E-state index in [1.54, 1.807) is 6.92 Å². The molecule has 71 valence electrons. The quantitative estimate of drug-likeness (QED) is 0.309. The van der Waals surface area contributed by atoms with Gasteiger partial charge in [-0.3, -0.25) is 9.59 Å². The summed E-state index contributed by atoms with van der Waals surface area (Å²) in [5.41, 5.74) is 0. The number of Topliss-reactive ketones (excluding diaryl/α,β-unsaturated/α-hetero) is 1. The molecule has 6 heteroatoms. The first kappa shape index (κ1) is 22.6. The Morgan fingerprint density at radius 3 is 1.92 bits per heavy atom. The van der Waals surface area contributed by atoms with E-state index in [1.165, 1.54) is 6.92 Å². The predicted octanol–water partition coefficient (Wildman–Crippen LogP) is -1.50. The lowest BCUT2D eigenvalue weighted by Gasteiger charge is -1.96. The molecule has 0 fully saturated rings. The Kier molecular flexibility index (Phi) is 24.8. The van der Waals surface area contributed by atoms with Crippen LogP contribution in [0.15, 0.2) is 0 Å². The van der Waals surface area contributed by atoms with Crippen molar-refractivity contribution in [3.8, 4) is 0 Å². The molecule has 0 amide bonds. The van der Waals surface area contributed by atoms with Crippen LogP contribution in [-0.4, -0.2) is 46.7 Å². The number of carbonyl (C=O) groups is 2. The van der Waals surface area contributed by atoms with Gasteiger partial charge in [-0.2, -0.15) is 0 Å². The van der Waals surface area contributed by atoms with Crippen molar-refractivity contribution in [1.82, 2.24) is 0 Å². The highest BCUT2D eigenvalue weighted by atomic mass is 27.0. The van der Waals surface area contributed by atoms with Crippen LogP contribution in [-0.2, 0) is 14.3 Å². The molecule has 0 rings (SSSR count). The summed E-state index contributed by atoms with van der Waals surface area (Å²) in [4.78, 5) is 20.6. The monoisotopic (exact) mass is 193 g/mol. The summed E-state index contributed by atoms with van der Waals surface area (Å²) < 4.78 is 4.49. The van der Waals surface area contributed by atoms with Gasteiger partial charge < -0.3 is 15.7 Å². The minimum absolute atomic E-state index is 0. The Bertz CT molecular complexity index is 125. The standard InChI is InChI=1S/C6H10O3.Al.2H2O/c1-3-9-6(8)4-5(2)7;;;/h3-4H2,1-2H3;;2*1H2. The van der Waals surface area contributed by atoms with E-state index in [2.05, 4.69) is 4.74 Å². The fourth-order valence-corrected chi connectivity index (χ4v) is 0.415. The third-order valence-electron chi connectivity index (χ3n) is 0.699. The zero-order chi connectivity index (χ0) is 7.28. The molecule has 0 unspecified atom stereocenters. The fraction of sp³-hybridized carbons (Fsp3) is 0.667. The molecule has 0 atom stereocenters. The second-order valence-corrected chi connectivity index (χ2v) is 1.68. The molecule has 3 radical (unpaired) electrons. The number of hydrogen-bond acceptors (Lipinski definition) is 3. The number of hydrogen-bond donors (Lipinski definition) is 0. The van der Waals surface area contributed by atoms with E-state index in [0.717, 1.165) is 0 Å². The largest absolute Gasteiger partial charge is 0.466 e. The molecular formula is C6H14AlO5. The van der Waals surface area contributed by atoms with Crippen molar-refractivity contribution in [2.75, 3.05) is 6.61 Å². The van der Waals surface area contributed by atoms with Gasteiger partial charge in [-0.05, 0) is 13.8 Å². The van der Waals surface area contributed by atoms with Gasteiger partial charge in [-0.1, -0.05) is 0 Å². The maximum Gasteiger partial charge on any atom is 0.313 e. The van der Waals surface area contributed by atoms with Crippen molar-refractivity contribution < 1.29 is 25.3 Å². The zero-order valence-electron chi connectivity index (χ0n) is 7.22. The first-order valence-electron chi connectivity index (χ1n) is 2.82. The average molecular weight is 193 g/mol. The first-order chi connectivity index (χ1) is 4.16. The molecular weight excluding hydrogens is 179 g/mol. The van der Waals surface area contributed by atoms with Crippen molar-refractivity contribution >= 4 is 29.1 Å². The summed E-state index contributed by atoms with van der Waals surface area (Å²) >= 11 is 0. The Hall–Kier alpha value is -0.408. The first-order valence-corrected chi connectivity index (χ1v) is 2.82. The molecule has 0 aliphatic rings. The lowest BCUT2D eigenvalue weighted by Crippen LogP contribution is -2.07. The normalized spacial score (nSPS) is 6.50. The second-order valence-electron chi connectivity index (χ2n) is 1.68. The molecule has 0 spiro atoms. The molecule has 4 N–H and O–H groups in total. The van der Waals surface area contributed by atoms with Crippen LogP contribution in [0, 0.1) is 0 Å². The van der Waals surface area contributed by atoms with Crippen LogP contribution in [0.3, 0.4) is 0 Å². The van der Waals surface area contributed by atoms with Crippen LogP contribution in [0.2, 0.25) is 0 Å². The van der Waals surface area contributed by atoms with Crippen molar-refractivity contribution in [2.45, 2.75) is 20.3 Å². The maximum atomic E-state index is 10.4. The SMILES string of the molecule is CCOC(=O)CC(C)=O.O.O.[Al]. The summed E-state index contributed by atoms with van der Waals surface area (Å²) in [5.74, 6) is -0.599. The molecule has 0 aliphatic heterocycles. The average Bonchev–Trinajstić information content (AvgIpc) is 1.63. The van der Waals surface area contributed by atoms with E-state index in [0.29, 0.717) is 6.61 Å². The van der Waals surface area contributed by atoms with Gasteiger partial charge in [-0.15, -0.1) is 0 Å². The number of ketones is 1. The molecule has 0 aromatic heterocycles. The number of rotatable bonds is 3. The maximum absolute atomic E-state index is 10.4. The smallest absolute Gasteiger partial charge is 0.313 e. The molecule has 12 heavy (non-hydrogen) atoms. The summed E-state index contributed by atoms with van der Waals surface area (Å²) in [6, 6.07) is 0. The van der Waals surface area contributed by atoms with Gasteiger partial charge in [0.1, 0.15) is 12.2 Å². The minimum atomic E-state index is -0.440. The Morgan fingerprint density at radius 2 is 1.67 bits per heavy atom. The molecule has 0 aromatic carbocycles. The van der Waals surface area contributed by atoms with E-state index < -0.39 is 5.97 Å². The second kappa shape index (κ2) is 13.2. The van der Waals surface area contributed by atoms with Crippen molar-refractivity contribution in [3.05, 3.63) is 0 Å². The van der Waals surface area contributed by atoms with Gasteiger partial charge in [0.25, 0.3) is 0 Å². The molecule has 0 saturated carbocycles. The van der Waals surface area contributed by atoms with Crippen molar-refractivity contribution in [1.29, 1.82) is 0 Å². The molecule has 0 aromatic rings. The topological polar surface area (TPSA) is 106 Å². The van der Waals surface area contributed by atoms with Crippen LogP contribution in [0.25, 0.3) is 0 Å².